The van der Waals surface area contributed by atoms with E-state index in [0.717, 1.165) is 17.8 Å². The van der Waals surface area contributed by atoms with Gasteiger partial charge < -0.3 is 4.57 Å². The van der Waals surface area contributed by atoms with E-state index in [2.05, 4.69) is 10.9 Å². The smallest absolute Gasteiger partial charge is 0.0995 e. The fourth-order valence-corrected chi connectivity index (χ4v) is 3.34. The van der Waals surface area contributed by atoms with Crippen LogP contribution in [0, 0.1) is 24.2 Å². The highest BCUT2D eigenvalue weighted by Gasteiger charge is 2.28. The van der Waals surface area contributed by atoms with Gasteiger partial charge in [0.05, 0.1) is 11.3 Å². The van der Waals surface area contributed by atoms with Crippen molar-refractivity contribution in [1.82, 2.24) is 9.55 Å². The van der Waals surface area contributed by atoms with Crippen molar-refractivity contribution in [1.29, 1.82) is 0 Å². The predicted octanol–water partition coefficient (Wildman–Crippen LogP) is 3.67. The van der Waals surface area contributed by atoms with Crippen LogP contribution in [0.15, 0.2) is 18.7 Å². The lowest BCUT2D eigenvalue weighted by Gasteiger charge is -2.32. The fraction of sp³-hybridized carbons (Fsp3) is 0.600. The van der Waals surface area contributed by atoms with Gasteiger partial charge >= 0.3 is 0 Å². The maximum Gasteiger partial charge on any atom is 0.0995 e. The zero-order valence-electron chi connectivity index (χ0n) is 10.7. The van der Waals surface area contributed by atoms with Crippen molar-refractivity contribution < 1.29 is 0 Å². The number of thiocarbonyl (C=S) groups is 1. The molecule has 1 aromatic rings. The van der Waals surface area contributed by atoms with Gasteiger partial charge in [-0.1, -0.05) is 25.1 Å². The molecule has 0 aromatic carbocycles. The molecule has 1 heterocycles. The summed E-state index contributed by atoms with van der Waals surface area (Å²) in [5, 5.41) is 0. The average Bonchev–Trinajstić information content (AvgIpc) is 2.93. The van der Waals surface area contributed by atoms with Gasteiger partial charge in [-0.05, 0) is 31.6 Å². The minimum atomic E-state index is 0.528. The molecule has 2 rings (SSSR count). The van der Waals surface area contributed by atoms with Crippen molar-refractivity contribution in [2.45, 2.75) is 44.9 Å². The minimum absolute atomic E-state index is 0.528. The molecule has 18 heavy (non-hydrogen) atoms. The second-order valence-corrected chi connectivity index (χ2v) is 5.47. The molecule has 2 unspecified atom stereocenters. The van der Waals surface area contributed by atoms with E-state index >= 15 is 0 Å². The summed E-state index contributed by atoms with van der Waals surface area (Å²) in [7, 11) is 0. The van der Waals surface area contributed by atoms with Crippen LogP contribution < -0.4 is 0 Å². The maximum absolute atomic E-state index is 5.63. The molecule has 2 atom stereocenters. The van der Waals surface area contributed by atoms with Gasteiger partial charge in [0.2, 0.25) is 0 Å². The van der Waals surface area contributed by atoms with E-state index in [9.17, 15) is 0 Å². The zero-order chi connectivity index (χ0) is 12.8. The molecule has 0 aliphatic heterocycles. The summed E-state index contributed by atoms with van der Waals surface area (Å²) in [5.74, 6) is 3.97. The van der Waals surface area contributed by atoms with Gasteiger partial charge in [0.25, 0.3) is 0 Å². The SMILES string of the molecule is C#CCCCC1CCCCC1C(=S)n1ccnc1. The summed E-state index contributed by atoms with van der Waals surface area (Å²) in [4.78, 5) is 5.13. The third-order valence-corrected chi connectivity index (χ3v) is 4.39. The number of nitrogens with zero attached hydrogens (tertiary/aromatic N) is 2. The van der Waals surface area contributed by atoms with Crippen LogP contribution >= 0.6 is 12.2 Å². The van der Waals surface area contributed by atoms with Gasteiger partial charge in [0.1, 0.15) is 0 Å². The Morgan fingerprint density at radius 2 is 2.28 bits per heavy atom. The molecule has 1 aliphatic carbocycles. The molecule has 0 N–H and O–H groups in total. The molecular formula is C15H20N2S. The van der Waals surface area contributed by atoms with Crippen molar-refractivity contribution in [2.75, 3.05) is 0 Å². The van der Waals surface area contributed by atoms with E-state index in [1.165, 1.54) is 32.1 Å². The first-order valence-corrected chi connectivity index (χ1v) is 7.19. The molecule has 3 heteroatoms. The lowest BCUT2D eigenvalue weighted by molar-refractivity contribution is 0.279. The van der Waals surface area contributed by atoms with Gasteiger partial charge in [-0.2, -0.15) is 0 Å². The monoisotopic (exact) mass is 260 g/mol. The van der Waals surface area contributed by atoms with E-state index in [4.69, 9.17) is 18.6 Å². The molecule has 1 aliphatic rings. The fourth-order valence-electron chi connectivity index (χ4n) is 2.93. The Balaban J connectivity index is 1.99. The zero-order valence-corrected chi connectivity index (χ0v) is 11.5. The number of imidazole rings is 1. The number of rotatable bonds is 4. The molecule has 0 saturated heterocycles. The van der Waals surface area contributed by atoms with Crippen LogP contribution in [-0.4, -0.2) is 14.5 Å². The van der Waals surface area contributed by atoms with Crippen molar-refractivity contribution in [3.05, 3.63) is 18.7 Å². The Hall–Kier alpha value is -1.14. The molecule has 2 nitrogen and oxygen atoms in total. The van der Waals surface area contributed by atoms with Gasteiger partial charge in [-0.25, -0.2) is 4.98 Å². The molecule has 96 valence electrons. The van der Waals surface area contributed by atoms with Gasteiger partial charge in [0.15, 0.2) is 0 Å². The van der Waals surface area contributed by atoms with E-state index in [-0.39, 0.29) is 0 Å². The van der Waals surface area contributed by atoms with E-state index in [0.29, 0.717) is 11.8 Å². The summed E-state index contributed by atoms with van der Waals surface area (Å²) in [6.07, 6.45) is 19.3. The molecule has 1 aromatic heterocycles. The van der Waals surface area contributed by atoms with Gasteiger partial charge in [0, 0.05) is 24.7 Å². The van der Waals surface area contributed by atoms with Crippen LogP contribution in [0.25, 0.3) is 0 Å². The summed E-state index contributed by atoms with van der Waals surface area (Å²) in [5.41, 5.74) is 0. The highest BCUT2D eigenvalue weighted by Crippen LogP contribution is 2.34. The Kier molecular flexibility index (Phi) is 4.95. The van der Waals surface area contributed by atoms with E-state index < -0.39 is 0 Å². The maximum atomic E-state index is 5.63. The first-order chi connectivity index (χ1) is 8.83. The summed E-state index contributed by atoms with van der Waals surface area (Å²) < 4.78 is 2.00. The number of terminal acetylenes is 1. The lowest BCUT2D eigenvalue weighted by atomic mass is 9.76. The van der Waals surface area contributed by atoms with Crippen LogP contribution in [0.1, 0.15) is 44.9 Å². The quantitative estimate of drug-likeness (QED) is 0.467. The van der Waals surface area contributed by atoms with Crippen molar-refractivity contribution in [3.8, 4) is 12.3 Å². The van der Waals surface area contributed by atoms with Crippen LogP contribution in [0.4, 0.5) is 0 Å². The Labute approximate surface area is 115 Å². The molecule has 1 saturated carbocycles. The lowest BCUT2D eigenvalue weighted by Crippen LogP contribution is -2.29. The molecule has 0 amide bonds. The Morgan fingerprint density at radius 3 is 3.00 bits per heavy atom. The van der Waals surface area contributed by atoms with Crippen LogP contribution in [0.2, 0.25) is 0 Å². The second-order valence-electron chi connectivity index (χ2n) is 5.06. The van der Waals surface area contributed by atoms with Gasteiger partial charge in [-0.15, -0.1) is 12.3 Å². The molecule has 0 radical (unpaired) electrons. The van der Waals surface area contributed by atoms with Crippen molar-refractivity contribution in [2.24, 2.45) is 11.8 Å². The van der Waals surface area contributed by atoms with Crippen LogP contribution in [-0.2, 0) is 0 Å². The first-order valence-electron chi connectivity index (χ1n) is 6.78. The number of aromatic nitrogens is 2. The molecule has 1 fully saturated rings. The highest BCUT2D eigenvalue weighted by molar-refractivity contribution is 7.80. The number of hydrogen-bond acceptors (Lipinski definition) is 2. The van der Waals surface area contributed by atoms with E-state index in [1.54, 1.807) is 6.20 Å². The van der Waals surface area contributed by atoms with Crippen molar-refractivity contribution in [3.63, 3.8) is 0 Å². The van der Waals surface area contributed by atoms with Gasteiger partial charge in [-0.3, -0.25) is 0 Å². The Bertz CT molecular complexity index is 416. The summed E-state index contributed by atoms with van der Waals surface area (Å²) in [6, 6.07) is 0. The molecule has 0 spiro atoms. The van der Waals surface area contributed by atoms with Crippen LogP contribution in [0.3, 0.4) is 0 Å². The summed E-state index contributed by atoms with van der Waals surface area (Å²) >= 11 is 5.63. The topological polar surface area (TPSA) is 17.8 Å². The predicted molar refractivity (Wildman–Crippen MR) is 78.4 cm³/mol. The normalized spacial score (nSPS) is 23.5. The standard InChI is InChI=1S/C15H20N2S/c1-2-3-4-7-13-8-5-6-9-14(13)15(18)17-11-10-16-12-17/h1,10-14H,3-9H2. The molecule has 0 bridgehead atoms. The first kappa shape index (κ1) is 13.3. The van der Waals surface area contributed by atoms with E-state index in [1.807, 2.05) is 17.1 Å². The molecular weight excluding hydrogens is 240 g/mol. The third kappa shape index (κ3) is 3.20. The number of unbranched alkanes of at least 4 members (excludes halogenated alkanes) is 1. The second kappa shape index (κ2) is 6.70. The summed E-state index contributed by atoms with van der Waals surface area (Å²) in [6.45, 7) is 0. The average molecular weight is 260 g/mol. The largest absolute Gasteiger partial charge is 0.300 e. The Morgan fingerprint density at radius 1 is 1.44 bits per heavy atom. The highest BCUT2D eigenvalue weighted by atomic mass is 32.1. The minimum Gasteiger partial charge on any atom is -0.300 e. The van der Waals surface area contributed by atoms with Crippen molar-refractivity contribution >= 4 is 17.2 Å². The third-order valence-electron chi connectivity index (χ3n) is 3.88. The van der Waals surface area contributed by atoms with Crippen LogP contribution in [0.5, 0.6) is 0 Å². The number of hydrogen-bond donors (Lipinski definition) is 0.